The second-order valence-electron chi connectivity index (χ2n) is 5.09. The molecule has 0 saturated carbocycles. The van der Waals surface area contributed by atoms with Crippen molar-refractivity contribution in [3.05, 3.63) is 64.7 Å². The van der Waals surface area contributed by atoms with Crippen LogP contribution >= 0.6 is 23.4 Å². The fourth-order valence-corrected chi connectivity index (χ4v) is 3.01. The van der Waals surface area contributed by atoms with E-state index in [2.05, 4.69) is 10.6 Å². The number of rotatable bonds is 7. The summed E-state index contributed by atoms with van der Waals surface area (Å²) in [5, 5.41) is 6.04. The number of halogens is 1. The Labute approximate surface area is 150 Å². The van der Waals surface area contributed by atoms with Crippen LogP contribution in [0.3, 0.4) is 0 Å². The van der Waals surface area contributed by atoms with Crippen molar-refractivity contribution in [2.45, 2.75) is 12.3 Å². The summed E-state index contributed by atoms with van der Waals surface area (Å²) in [6.45, 7) is 0.438. The average molecular weight is 364 g/mol. The summed E-state index contributed by atoms with van der Waals surface area (Å²) in [5.41, 5.74) is 7.70. The van der Waals surface area contributed by atoms with Crippen molar-refractivity contribution in [3.8, 4) is 0 Å². The van der Waals surface area contributed by atoms with E-state index in [1.165, 1.54) is 11.8 Å². The molecule has 0 saturated heterocycles. The molecule has 0 aliphatic rings. The first kappa shape index (κ1) is 18.2. The summed E-state index contributed by atoms with van der Waals surface area (Å²) in [4.78, 5) is 22.6. The molecule has 7 heteroatoms. The molecule has 0 unspecified atom stereocenters. The van der Waals surface area contributed by atoms with Gasteiger partial charge in [0.25, 0.3) is 0 Å². The van der Waals surface area contributed by atoms with Crippen molar-refractivity contribution in [2.75, 3.05) is 11.1 Å². The van der Waals surface area contributed by atoms with Gasteiger partial charge in [0.15, 0.2) is 0 Å². The number of thioether (sulfide) groups is 1. The molecule has 0 atom stereocenters. The van der Waals surface area contributed by atoms with Gasteiger partial charge in [-0.15, -0.1) is 11.8 Å². The van der Waals surface area contributed by atoms with Crippen molar-refractivity contribution in [1.82, 2.24) is 5.32 Å². The van der Waals surface area contributed by atoms with Gasteiger partial charge in [0.2, 0.25) is 5.91 Å². The summed E-state index contributed by atoms with van der Waals surface area (Å²) in [7, 11) is 0. The van der Waals surface area contributed by atoms with Gasteiger partial charge >= 0.3 is 6.03 Å². The number of anilines is 1. The number of carbonyl (C=O) groups is 2. The molecular formula is C17H18ClN3O2S. The highest BCUT2D eigenvalue weighted by molar-refractivity contribution is 7.99. The van der Waals surface area contributed by atoms with Gasteiger partial charge in [0, 0.05) is 23.0 Å². The topological polar surface area (TPSA) is 84.2 Å². The number of benzene rings is 2. The van der Waals surface area contributed by atoms with Gasteiger partial charge in [-0.3, -0.25) is 4.79 Å². The molecule has 2 rings (SSSR count). The van der Waals surface area contributed by atoms with Crippen molar-refractivity contribution in [1.29, 1.82) is 0 Å². The highest BCUT2D eigenvalue weighted by Crippen LogP contribution is 2.16. The zero-order valence-corrected chi connectivity index (χ0v) is 14.5. The van der Waals surface area contributed by atoms with Crippen LogP contribution in [0.2, 0.25) is 5.02 Å². The number of carbonyl (C=O) groups excluding carboxylic acids is 2. The molecule has 0 aliphatic carbocycles. The lowest BCUT2D eigenvalue weighted by molar-refractivity contribution is -0.118. The number of nitrogens with two attached hydrogens (primary N) is 1. The Morgan fingerprint density at radius 3 is 2.50 bits per heavy atom. The largest absolute Gasteiger partial charge is 0.351 e. The number of nitrogens with one attached hydrogen (secondary N) is 2. The van der Waals surface area contributed by atoms with Crippen LogP contribution in [0.15, 0.2) is 48.5 Å². The van der Waals surface area contributed by atoms with E-state index < -0.39 is 6.03 Å². The van der Waals surface area contributed by atoms with E-state index in [1.54, 1.807) is 12.1 Å². The molecule has 0 spiro atoms. The second kappa shape index (κ2) is 9.20. The Hall–Kier alpha value is -2.18. The first-order chi connectivity index (χ1) is 11.5. The molecule has 0 aromatic heterocycles. The van der Waals surface area contributed by atoms with Gasteiger partial charge in [0.1, 0.15) is 0 Å². The summed E-state index contributed by atoms with van der Waals surface area (Å²) in [6.07, 6.45) is 0. The zero-order chi connectivity index (χ0) is 17.4. The molecule has 0 heterocycles. The number of urea groups is 1. The third-order valence-electron chi connectivity index (χ3n) is 3.10. The SMILES string of the molecule is NC(=O)Nc1ccc(CNC(=O)CSCc2cccc(Cl)c2)cc1. The number of hydrogen-bond acceptors (Lipinski definition) is 3. The minimum absolute atomic E-state index is 0.0265. The monoisotopic (exact) mass is 363 g/mol. The molecule has 0 bridgehead atoms. The molecule has 24 heavy (non-hydrogen) atoms. The molecule has 3 amide bonds. The van der Waals surface area contributed by atoms with E-state index in [0.29, 0.717) is 23.0 Å². The normalized spacial score (nSPS) is 10.2. The summed E-state index contributed by atoms with van der Waals surface area (Å²) < 4.78 is 0. The lowest BCUT2D eigenvalue weighted by atomic mass is 10.2. The lowest BCUT2D eigenvalue weighted by Gasteiger charge is -2.07. The van der Waals surface area contributed by atoms with Gasteiger partial charge < -0.3 is 16.4 Å². The van der Waals surface area contributed by atoms with Crippen molar-refractivity contribution >= 4 is 41.0 Å². The van der Waals surface area contributed by atoms with E-state index in [0.717, 1.165) is 16.9 Å². The Balaban J connectivity index is 1.70. The van der Waals surface area contributed by atoms with E-state index in [9.17, 15) is 9.59 Å². The first-order valence-electron chi connectivity index (χ1n) is 7.27. The quantitative estimate of drug-likeness (QED) is 0.705. The minimum atomic E-state index is -0.604. The molecule has 2 aromatic carbocycles. The van der Waals surface area contributed by atoms with Crippen molar-refractivity contribution in [2.24, 2.45) is 5.73 Å². The summed E-state index contributed by atoms with van der Waals surface area (Å²) in [5.74, 6) is 1.09. The van der Waals surface area contributed by atoms with Crippen LogP contribution in [-0.2, 0) is 17.1 Å². The fourth-order valence-electron chi connectivity index (χ4n) is 1.99. The standard InChI is InChI=1S/C17H18ClN3O2S/c18-14-3-1-2-13(8-14)10-24-11-16(22)20-9-12-4-6-15(7-5-12)21-17(19)23/h1-8H,9-11H2,(H,20,22)(H3,19,21,23). The number of amides is 3. The molecule has 2 aromatic rings. The predicted octanol–water partition coefficient (Wildman–Crippen LogP) is 3.38. The van der Waals surface area contributed by atoms with Gasteiger partial charge in [-0.2, -0.15) is 0 Å². The Kier molecular flexibility index (Phi) is 6.96. The maximum atomic E-state index is 11.9. The van der Waals surface area contributed by atoms with Crippen LogP contribution in [0.25, 0.3) is 0 Å². The van der Waals surface area contributed by atoms with Crippen LogP contribution in [-0.4, -0.2) is 17.7 Å². The van der Waals surface area contributed by atoms with Gasteiger partial charge in [0.05, 0.1) is 5.75 Å². The average Bonchev–Trinajstić information content (AvgIpc) is 2.54. The smallest absolute Gasteiger partial charge is 0.316 e. The predicted molar refractivity (Wildman–Crippen MR) is 99.1 cm³/mol. The first-order valence-corrected chi connectivity index (χ1v) is 8.80. The summed E-state index contributed by atoms with van der Waals surface area (Å²) in [6, 6.07) is 14.1. The van der Waals surface area contributed by atoms with Crippen LogP contribution in [0.5, 0.6) is 0 Å². The molecule has 126 valence electrons. The highest BCUT2D eigenvalue weighted by atomic mass is 35.5. The number of primary amides is 1. The Morgan fingerprint density at radius 1 is 1.08 bits per heavy atom. The van der Waals surface area contributed by atoms with E-state index in [1.807, 2.05) is 36.4 Å². The van der Waals surface area contributed by atoms with E-state index >= 15 is 0 Å². The fraction of sp³-hybridized carbons (Fsp3) is 0.176. The maximum absolute atomic E-state index is 11.9. The van der Waals surface area contributed by atoms with Crippen LogP contribution in [0.1, 0.15) is 11.1 Å². The molecule has 0 fully saturated rings. The second-order valence-corrected chi connectivity index (χ2v) is 6.51. The maximum Gasteiger partial charge on any atom is 0.316 e. The molecule has 0 radical (unpaired) electrons. The number of hydrogen-bond donors (Lipinski definition) is 3. The third-order valence-corrected chi connectivity index (χ3v) is 4.34. The zero-order valence-electron chi connectivity index (χ0n) is 12.9. The third kappa shape index (κ3) is 6.52. The Morgan fingerprint density at radius 2 is 1.83 bits per heavy atom. The van der Waals surface area contributed by atoms with E-state index in [4.69, 9.17) is 17.3 Å². The van der Waals surface area contributed by atoms with Gasteiger partial charge in [-0.1, -0.05) is 35.9 Å². The van der Waals surface area contributed by atoms with Gasteiger partial charge in [-0.25, -0.2) is 4.79 Å². The van der Waals surface area contributed by atoms with Crippen molar-refractivity contribution in [3.63, 3.8) is 0 Å². The molecule has 0 aliphatic heterocycles. The van der Waals surface area contributed by atoms with Crippen LogP contribution < -0.4 is 16.4 Å². The van der Waals surface area contributed by atoms with Gasteiger partial charge in [-0.05, 0) is 35.4 Å². The molecule has 4 N–H and O–H groups in total. The summed E-state index contributed by atoms with van der Waals surface area (Å²) >= 11 is 7.46. The minimum Gasteiger partial charge on any atom is -0.351 e. The Bertz CT molecular complexity index is 707. The molecule has 5 nitrogen and oxygen atoms in total. The molecular weight excluding hydrogens is 346 g/mol. The lowest BCUT2D eigenvalue weighted by Crippen LogP contribution is -2.24. The van der Waals surface area contributed by atoms with Crippen LogP contribution in [0.4, 0.5) is 10.5 Å². The highest BCUT2D eigenvalue weighted by Gasteiger charge is 2.03. The van der Waals surface area contributed by atoms with Crippen LogP contribution in [0, 0.1) is 0 Å². The van der Waals surface area contributed by atoms with Crippen molar-refractivity contribution < 1.29 is 9.59 Å². The van der Waals surface area contributed by atoms with E-state index in [-0.39, 0.29) is 5.91 Å².